The fourth-order valence-electron chi connectivity index (χ4n) is 2.91. The number of hydrogen-bond donors (Lipinski definition) is 0. The Morgan fingerprint density at radius 2 is 2.25 bits per heavy atom. The van der Waals surface area contributed by atoms with E-state index in [1.807, 2.05) is 17.1 Å². The molecule has 106 valence electrons. The molecule has 0 spiro atoms. The average molecular weight is 271 g/mol. The second-order valence-electron chi connectivity index (χ2n) is 5.37. The largest absolute Gasteiger partial charge is 0.290 e. The van der Waals surface area contributed by atoms with Gasteiger partial charge in [-0.05, 0) is 25.8 Å². The van der Waals surface area contributed by atoms with Crippen LogP contribution in [-0.4, -0.2) is 31.2 Å². The fourth-order valence-corrected chi connectivity index (χ4v) is 2.91. The molecule has 0 aromatic carbocycles. The van der Waals surface area contributed by atoms with Gasteiger partial charge in [-0.1, -0.05) is 6.92 Å². The van der Waals surface area contributed by atoms with Crippen molar-refractivity contribution >= 4 is 0 Å². The molecule has 0 bridgehead atoms. The summed E-state index contributed by atoms with van der Waals surface area (Å²) in [5.74, 6) is 0. The Hall–Kier alpha value is -1.75. The van der Waals surface area contributed by atoms with Gasteiger partial charge in [-0.25, -0.2) is 0 Å². The van der Waals surface area contributed by atoms with Crippen LogP contribution < -0.4 is 0 Å². The first-order valence-corrected chi connectivity index (χ1v) is 7.38. The minimum atomic E-state index is 0.401. The second-order valence-corrected chi connectivity index (χ2v) is 5.37. The van der Waals surface area contributed by atoms with Gasteiger partial charge in [-0.2, -0.15) is 5.10 Å². The third kappa shape index (κ3) is 2.88. The van der Waals surface area contributed by atoms with E-state index in [0.717, 1.165) is 31.7 Å². The van der Waals surface area contributed by atoms with Gasteiger partial charge in [0, 0.05) is 43.4 Å². The first-order valence-electron chi connectivity index (χ1n) is 7.38. The molecule has 3 rings (SSSR count). The molecule has 1 saturated heterocycles. The van der Waals surface area contributed by atoms with Crippen LogP contribution in [0.4, 0.5) is 0 Å². The van der Waals surface area contributed by atoms with E-state index in [2.05, 4.69) is 33.1 Å². The highest BCUT2D eigenvalue weighted by molar-refractivity contribution is 5.09. The van der Waals surface area contributed by atoms with Crippen molar-refractivity contribution in [3.63, 3.8) is 0 Å². The predicted molar refractivity (Wildman–Crippen MR) is 76.9 cm³/mol. The highest BCUT2D eigenvalue weighted by Crippen LogP contribution is 2.31. The molecular weight excluding hydrogens is 250 g/mol. The summed E-state index contributed by atoms with van der Waals surface area (Å²) in [7, 11) is 0. The van der Waals surface area contributed by atoms with Crippen molar-refractivity contribution in [1.29, 1.82) is 0 Å². The third-order valence-corrected chi connectivity index (χ3v) is 3.81. The molecular formula is C15H21N5. The van der Waals surface area contributed by atoms with Gasteiger partial charge in [0.15, 0.2) is 0 Å². The molecule has 5 heteroatoms. The van der Waals surface area contributed by atoms with E-state index < -0.39 is 0 Å². The average Bonchev–Trinajstić information content (AvgIpc) is 3.10. The van der Waals surface area contributed by atoms with Crippen LogP contribution in [0.1, 0.15) is 43.5 Å². The van der Waals surface area contributed by atoms with Crippen LogP contribution in [0.2, 0.25) is 0 Å². The molecule has 1 unspecified atom stereocenters. The lowest BCUT2D eigenvalue weighted by atomic mass is 10.1. The van der Waals surface area contributed by atoms with Gasteiger partial charge in [0.1, 0.15) is 0 Å². The highest BCUT2D eigenvalue weighted by Gasteiger charge is 2.27. The maximum atomic E-state index is 4.46. The summed E-state index contributed by atoms with van der Waals surface area (Å²) in [5.41, 5.74) is 2.38. The van der Waals surface area contributed by atoms with Crippen LogP contribution in [0, 0.1) is 0 Å². The number of nitrogens with zero attached hydrogens (tertiary/aromatic N) is 5. The fraction of sp³-hybridized carbons (Fsp3) is 0.533. The van der Waals surface area contributed by atoms with Crippen LogP contribution in [0.5, 0.6) is 0 Å². The van der Waals surface area contributed by atoms with E-state index in [1.165, 1.54) is 18.4 Å². The van der Waals surface area contributed by atoms with Crippen LogP contribution >= 0.6 is 0 Å². The van der Waals surface area contributed by atoms with E-state index >= 15 is 0 Å². The molecule has 1 aliphatic rings. The number of rotatable bonds is 5. The summed E-state index contributed by atoms with van der Waals surface area (Å²) in [4.78, 5) is 11.1. The molecule has 1 atom stereocenters. The minimum absolute atomic E-state index is 0.401. The molecule has 3 heterocycles. The SMILES string of the molecule is CCCn1cc(CN2CCCC2c2cnccn2)cn1. The smallest absolute Gasteiger partial charge is 0.0758 e. The van der Waals surface area contributed by atoms with E-state index in [1.54, 1.807) is 12.4 Å². The van der Waals surface area contributed by atoms with Crippen LogP contribution in [-0.2, 0) is 13.1 Å². The molecule has 0 N–H and O–H groups in total. The highest BCUT2D eigenvalue weighted by atomic mass is 15.3. The van der Waals surface area contributed by atoms with E-state index in [-0.39, 0.29) is 0 Å². The van der Waals surface area contributed by atoms with Crippen molar-refractivity contribution in [2.75, 3.05) is 6.54 Å². The van der Waals surface area contributed by atoms with Gasteiger partial charge in [0.05, 0.1) is 17.9 Å². The van der Waals surface area contributed by atoms with Gasteiger partial charge in [-0.3, -0.25) is 19.5 Å². The van der Waals surface area contributed by atoms with E-state index in [0.29, 0.717) is 6.04 Å². The van der Waals surface area contributed by atoms with Gasteiger partial charge in [0.2, 0.25) is 0 Å². The third-order valence-electron chi connectivity index (χ3n) is 3.81. The lowest BCUT2D eigenvalue weighted by Gasteiger charge is -2.22. The summed E-state index contributed by atoms with van der Waals surface area (Å²) in [6, 6.07) is 0.401. The van der Waals surface area contributed by atoms with Crippen LogP contribution in [0.25, 0.3) is 0 Å². The Bertz CT molecular complexity index is 536. The molecule has 0 saturated carbocycles. The summed E-state index contributed by atoms with van der Waals surface area (Å²) in [6.45, 7) is 5.24. The van der Waals surface area contributed by atoms with Gasteiger partial charge in [0.25, 0.3) is 0 Å². The number of likely N-dealkylation sites (tertiary alicyclic amines) is 1. The molecule has 5 nitrogen and oxygen atoms in total. The predicted octanol–water partition coefficient (Wildman–Crippen LogP) is 2.42. The molecule has 2 aromatic heterocycles. The van der Waals surface area contributed by atoms with Crippen molar-refractivity contribution < 1.29 is 0 Å². The zero-order chi connectivity index (χ0) is 13.8. The minimum Gasteiger partial charge on any atom is -0.290 e. The Morgan fingerprint density at radius 3 is 3.05 bits per heavy atom. The molecule has 0 radical (unpaired) electrons. The Morgan fingerprint density at radius 1 is 1.30 bits per heavy atom. The number of hydrogen-bond acceptors (Lipinski definition) is 4. The zero-order valence-corrected chi connectivity index (χ0v) is 11.9. The van der Waals surface area contributed by atoms with Crippen molar-refractivity contribution in [3.8, 4) is 0 Å². The molecule has 1 fully saturated rings. The second kappa shape index (κ2) is 6.13. The zero-order valence-electron chi connectivity index (χ0n) is 11.9. The summed E-state index contributed by atoms with van der Waals surface area (Å²) < 4.78 is 2.03. The van der Waals surface area contributed by atoms with Crippen molar-refractivity contribution in [2.45, 2.75) is 45.3 Å². The topological polar surface area (TPSA) is 46.8 Å². The van der Waals surface area contributed by atoms with Crippen LogP contribution in [0.15, 0.2) is 31.0 Å². The van der Waals surface area contributed by atoms with E-state index in [4.69, 9.17) is 0 Å². The molecule has 2 aromatic rings. The van der Waals surface area contributed by atoms with E-state index in [9.17, 15) is 0 Å². The van der Waals surface area contributed by atoms with Crippen molar-refractivity contribution in [3.05, 3.63) is 42.2 Å². The first kappa shape index (κ1) is 13.2. The van der Waals surface area contributed by atoms with Gasteiger partial charge in [-0.15, -0.1) is 0 Å². The molecule has 1 aliphatic heterocycles. The maximum Gasteiger partial charge on any atom is 0.0758 e. The summed E-state index contributed by atoms with van der Waals surface area (Å²) in [5, 5.41) is 4.41. The number of aromatic nitrogens is 4. The summed E-state index contributed by atoms with van der Waals surface area (Å²) >= 11 is 0. The maximum absolute atomic E-state index is 4.46. The molecule has 20 heavy (non-hydrogen) atoms. The first-order chi connectivity index (χ1) is 9.86. The Balaban J connectivity index is 1.69. The lowest BCUT2D eigenvalue weighted by molar-refractivity contribution is 0.244. The van der Waals surface area contributed by atoms with Gasteiger partial charge < -0.3 is 0 Å². The standard InChI is InChI=1S/C15H21N5/c1-2-7-20-12-13(9-18-20)11-19-8-3-4-15(19)14-10-16-5-6-17-14/h5-6,9-10,12,15H,2-4,7-8,11H2,1H3. The van der Waals surface area contributed by atoms with Crippen molar-refractivity contribution in [1.82, 2.24) is 24.6 Å². The lowest BCUT2D eigenvalue weighted by Crippen LogP contribution is -2.23. The summed E-state index contributed by atoms with van der Waals surface area (Å²) in [6.07, 6.45) is 13.1. The van der Waals surface area contributed by atoms with Crippen LogP contribution in [0.3, 0.4) is 0 Å². The Kier molecular flexibility index (Phi) is 4.06. The van der Waals surface area contributed by atoms with Crippen molar-refractivity contribution in [2.24, 2.45) is 0 Å². The quantitative estimate of drug-likeness (QED) is 0.838. The normalized spacial score (nSPS) is 19.6. The molecule has 0 amide bonds. The Labute approximate surface area is 119 Å². The monoisotopic (exact) mass is 271 g/mol. The number of aryl methyl sites for hydroxylation is 1. The molecule has 0 aliphatic carbocycles. The van der Waals surface area contributed by atoms with Gasteiger partial charge >= 0.3 is 0 Å².